The van der Waals surface area contributed by atoms with E-state index in [4.69, 9.17) is 18.9 Å². The summed E-state index contributed by atoms with van der Waals surface area (Å²) in [7, 11) is 1.59. The highest BCUT2D eigenvalue weighted by molar-refractivity contribution is 5.86. The molecule has 2 aromatic rings. The van der Waals surface area contributed by atoms with Crippen molar-refractivity contribution in [2.75, 3.05) is 6.61 Å². The Hall–Kier alpha value is -3.36. The molecule has 0 unspecified atom stereocenters. The van der Waals surface area contributed by atoms with Gasteiger partial charge in [-0.2, -0.15) is 0 Å². The number of pyridine rings is 1. The average Bonchev–Trinajstić information content (AvgIpc) is 2.65. The highest BCUT2D eigenvalue weighted by Crippen LogP contribution is 2.41. The molecule has 29 heavy (non-hydrogen) atoms. The number of ether oxygens (including phenoxy) is 4. The van der Waals surface area contributed by atoms with Crippen molar-refractivity contribution in [2.45, 2.75) is 39.1 Å². The van der Waals surface area contributed by atoms with Gasteiger partial charge in [-0.3, -0.25) is 19.2 Å². The third-order valence-electron chi connectivity index (χ3n) is 4.56. The van der Waals surface area contributed by atoms with Crippen LogP contribution in [0.2, 0.25) is 0 Å². The summed E-state index contributed by atoms with van der Waals surface area (Å²) >= 11 is 0. The van der Waals surface area contributed by atoms with Crippen LogP contribution in [0.15, 0.2) is 29.1 Å². The number of carbonyl (C=O) groups is 3. The molecule has 0 N–H and O–H groups in total. The zero-order chi connectivity index (χ0) is 21.3. The van der Waals surface area contributed by atoms with Crippen LogP contribution in [0.1, 0.15) is 32.4 Å². The van der Waals surface area contributed by atoms with E-state index >= 15 is 0 Å². The van der Waals surface area contributed by atoms with Crippen LogP contribution in [0.25, 0.3) is 10.9 Å². The van der Waals surface area contributed by atoms with E-state index in [9.17, 15) is 19.2 Å². The number of carbonyl (C=O) groups excluding carboxylic acids is 3. The van der Waals surface area contributed by atoms with Gasteiger partial charge in [0.1, 0.15) is 6.61 Å². The highest BCUT2D eigenvalue weighted by Gasteiger charge is 2.46. The number of fused-ring (bicyclic) bond motifs is 3. The molecule has 1 aliphatic heterocycles. The van der Waals surface area contributed by atoms with Crippen molar-refractivity contribution >= 4 is 28.8 Å². The van der Waals surface area contributed by atoms with Gasteiger partial charge in [-0.25, -0.2) is 0 Å². The molecule has 2 heterocycles. The molecule has 1 aromatic carbocycles. The largest absolute Gasteiger partial charge is 0.477 e. The maximum atomic E-state index is 13.0. The molecule has 0 radical (unpaired) electrons. The van der Waals surface area contributed by atoms with E-state index < -0.39 is 41.8 Å². The number of hydrogen-bond acceptors (Lipinski definition) is 8. The van der Waals surface area contributed by atoms with Gasteiger partial charge in [0.05, 0.1) is 11.1 Å². The Morgan fingerprint density at radius 1 is 1.03 bits per heavy atom. The van der Waals surface area contributed by atoms with Crippen LogP contribution in [0, 0.1) is 0 Å². The maximum Gasteiger partial charge on any atom is 0.303 e. The topological polar surface area (TPSA) is 110 Å². The van der Waals surface area contributed by atoms with Crippen molar-refractivity contribution in [1.82, 2.24) is 4.57 Å². The molecule has 3 rings (SSSR count). The van der Waals surface area contributed by atoms with E-state index in [0.717, 1.165) is 0 Å². The van der Waals surface area contributed by atoms with Crippen molar-refractivity contribution in [2.24, 2.45) is 7.05 Å². The zero-order valence-electron chi connectivity index (χ0n) is 16.5. The molecule has 1 aromatic heterocycles. The van der Waals surface area contributed by atoms with E-state index in [2.05, 4.69) is 0 Å². The molecule has 0 fully saturated rings. The summed E-state index contributed by atoms with van der Waals surface area (Å²) < 4.78 is 23.1. The van der Waals surface area contributed by atoms with Gasteiger partial charge in [0.2, 0.25) is 0 Å². The second-order valence-corrected chi connectivity index (χ2v) is 6.69. The molecule has 0 saturated carbocycles. The minimum atomic E-state index is -1.11. The molecule has 3 atom stereocenters. The smallest absolute Gasteiger partial charge is 0.303 e. The van der Waals surface area contributed by atoms with Gasteiger partial charge in [0, 0.05) is 33.2 Å². The summed E-state index contributed by atoms with van der Waals surface area (Å²) in [6.07, 6.45) is -3.26. The molecule has 1 aliphatic rings. The molecule has 0 amide bonds. The molecule has 0 spiro atoms. The van der Waals surface area contributed by atoms with E-state index in [1.807, 2.05) is 0 Å². The van der Waals surface area contributed by atoms with Gasteiger partial charge in [-0.15, -0.1) is 0 Å². The molecular formula is C20H21NO8. The molecule has 9 heteroatoms. The minimum absolute atomic E-state index is 0.0435. The predicted molar refractivity (Wildman–Crippen MR) is 100 cm³/mol. The van der Waals surface area contributed by atoms with Gasteiger partial charge >= 0.3 is 17.9 Å². The highest BCUT2D eigenvalue weighted by atomic mass is 16.6. The lowest BCUT2D eigenvalue weighted by Crippen LogP contribution is -2.49. The van der Waals surface area contributed by atoms with Crippen LogP contribution in [-0.4, -0.2) is 41.3 Å². The lowest BCUT2D eigenvalue weighted by molar-refractivity contribution is -0.182. The fourth-order valence-electron chi connectivity index (χ4n) is 3.43. The van der Waals surface area contributed by atoms with Crippen molar-refractivity contribution < 1.29 is 33.3 Å². The third-order valence-corrected chi connectivity index (χ3v) is 4.56. The number of aromatic nitrogens is 1. The summed E-state index contributed by atoms with van der Waals surface area (Å²) in [5.74, 6) is -1.88. The summed E-state index contributed by atoms with van der Waals surface area (Å²) in [5, 5.41) is 0.610. The van der Waals surface area contributed by atoms with E-state index in [-0.39, 0.29) is 12.4 Å². The van der Waals surface area contributed by atoms with E-state index in [0.29, 0.717) is 16.5 Å². The Balaban J connectivity index is 2.25. The quantitative estimate of drug-likeness (QED) is 0.557. The van der Waals surface area contributed by atoms with E-state index in [1.165, 1.54) is 25.3 Å². The Kier molecular flexibility index (Phi) is 5.58. The minimum Gasteiger partial charge on any atom is -0.477 e. The van der Waals surface area contributed by atoms with Crippen LogP contribution in [-0.2, 0) is 35.6 Å². The molecule has 0 bridgehead atoms. The van der Waals surface area contributed by atoms with Gasteiger partial charge in [-0.1, -0.05) is 18.2 Å². The SMILES string of the molecule is CC(=O)OC[C@H]1Oc2c(c3ccccc3n(C)c2=O)[C@@H](OC(C)=O)[C@@H]1OC(C)=O. The second kappa shape index (κ2) is 7.94. The van der Waals surface area contributed by atoms with Crippen LogP contribution in [0.3, 0.4) is 0 Å². The number of aryl methyl sites for hydroxylation is 1. The number of esters is 3. The lowest BCUT2D eigenvalue weighted by atomic mass is 9.93. The number of rotatable bonds is 4. The lowest BCUT2D eigenvalue weighted by Gasteiger charge is -2.38. The first-order valence-electron chi connectivity index (χ1n) is 8.96. The van der Waals surface area contributed by atoms with Crippen LogP contribution < -0.4 is 10.3 Å². The van der Waals surface area contributed by atoms with Crippen molar-refractivity contribution in [3.63, 3.8) is 0 Å². The normalized spacial score (nSPS) is 20.3. The van der Waals surface area contributed by atoms with Gasteiger partial charge in [0.25, 0.3) is 5.56 Å². The number of nitrogens with zero attached hydrogens (tertiary/aromatic N) is 1. The average molecular weight is 403 g/mol. The van der Waals surface area contributed by atoms with Crippen LogP contribution in [0.5, 0.6) is 5.75 Å². The predicted octanol–water partition coefficient (Wildman–Crippen LogP) is 1.40. The standard InChI is InChI=1S/C20H21NO8/c1-10(22)26-9-15-17(27-11(2)23)18(28-12(3)24)16-13-7-5-6-8-14(13)21(4)20(25)19(16)29-15/h5-8,15,17-18H,9H2,1-4H3/t15-,17-,18-/m1/s1. The Labute approximate surface area is 166 Å². The van der Waals surface area contributed by atoms with Crippen LogP contribution in [0.4, 0.5) is 0 Å². The molecular weight excluding hydrogens is 382 g/mol. The molecule has 0 aliphatic carbocycles. The fraction of sp³-hybridized carbons (Fsp3) is 0.400. The Morgan fingerprint density at radius 2 is 1.69 bits per heavy atom. The first-order chi connectivity index (χ1) is 13.7. The number of hydrogen-bond donors (Lipinski definition) is 0. The van der Waals surface area contributed by atoms with Gasteiger partial charge in [-0.05, 0) is 6.07 Å². The number of benzene rings is 1. The van der Waals surface area contributed by atoms with E-state index in [1.54, 1.807) is 31.3 Å². The van der Waals surface area contributed by atoms with Crippen molar-refractivity contribution in [1.29, 1.82) is 0 Å². The Bertz CT molecular complexity index is 1040. The first kappa shape index (κ1) is 20.4. The van der Waals surface area contributed by atoms with Gasteiger partial charge < -0.3 is 23.5 Å². The maximum absolute atomic E-state index is 13.0. The first-order valence-corrected chi connectivity index (χ1v) is 8.96. The van der Waals surface area contributed by atoms with Gasteiger partial charge in [0.15, 0.2) is 24.1 Å². The summed E-state index contributed by atoms with van der Waals surface area (Å²) in [6, 6.07) is 7.04. The van der Waals surface area contributed by atoms with Crippen LogP contribution >= 0.6 is 0 Å². The fourth-order valence-corrected chi connectivity index (χ4v) is 3.43. The summed E-state index contributed by atoms with van der Waals surface area (Å²) in [4.78, 5) is 47.8. The summed E-state index contributed by atoms with van der Waals surface area (Å²) in [5.41, 5.74) is 0.450. The zero-order valence-corrected chi connectivity index (χ0v) is 16.5. The Morgan fingerprint density at radius 3 is 2.31 bits per heavy atom. The third kappa shape index (κ3) is 3.94. The molecule has 154 valence electrons. The second-order valence-electron chi connectivity index (χ2n) is 6.69. The van der Waals surface area contributed by atoms with Crippen molar-refractivity contribution in [3.05, 3.63) is 40.2 Å². The number of para-hydroxylation sites is 1. The monoisotopic (exact) mass is 403 g/mol. The summed E-state index contributed by atoms with van der Waals surface area (Å²) in [6.45, 7) is 3.34. The molecule has 0 saturated heterocycles. The molecule has 9 nitrogen and oxygen atoms in total. The van der Waals surface area contributed by atoms with Crippen molar-refractivity contribution in [3.8, 4) is 5.75 Å².